The number of ketones is 1. The maximum atomic E-state index is 14.1. The van der Waals surface area contributed by atoms with Crippen molar-refractivity contribution in [3.8, 4) is 5.75 Å². The fraction of sp³-hybridized carbons (Fsp3) is 0.556. The molecule has 0 aliphatic heterocycles. The molecule has 0 spiro atoms. The molecule has 0 aromatic heterocycles. The topological polar surface area (TPSA) is 131 Å². The van der Waals surface area contributed by atoms with Crippen LogP contribution in [-0.4, -0.2) is 53.0 Å². The van der Waals surface area contributed by atoms with Crippen LogP contribution in [0.4, 0.5) is 23.2 Å². The van der Waals surface area contributed by atoms with Gasteiger partial charge in [-0.15, -0.1) is 0 Å². The van der Waals surface area contributed by atoms with Crippen molar-refractivity contribution in [3.63, 3.8) is 0 Å². The zero-order valence-corrected chi connectivity index (χ0v) is 28.8. The Morgan fingerprint density at radius 2 is 1.49 bits per heavy atom. The van der Waals surface area contributed by atoms with Crippen LogP contribution < -0.4 is 15.4 Å². The predicted molar refractivity (Wildman–Crippen MR) is 174 cm³/mol. The number of anilines is 1. The number of amides is 2. The lowest BCUT2D eigenvalue weighted by Crippen LogP contribution is -2.44. The molecule has 270 valence electrons. The molecule has 49 heavy (non-hydrogen) atoms. The minimum absolute atomic E-state index is 0.0159. The summed E-state index contributed by atoms with van der Waals surface area (Å²) in [5.41, 5.74) is 0.326. The van der Waals surface area contributed by atoms with Crippen LogP contribution in [0.2, 0.25) is 0 Å². The van der Waals surface area contributed by atoms with E-state index in [1.165, 1.54) is 0 Å². The molecule has 2 atom stereocenters. The zero-order valence-electron chi connectivity index (χ0n) is 28.8. The second-order valence-electron chi connectivity index (χ2n) is 14.5. The zero-order chi connectivity index (χ0) is 36.7. The summed E-state index contributed by atoms with van der Waals surface area (Å²) in [4.78, 5) is 51.1. The molecule has 1 unspecified atom stereocenters. The summed E-state index contributed by atoms with van der Waals surface area (Å²) in [6, 6.07) is 6.96. The molecular formula is C36H46F4N2O7. The van der Waals surface area contributed by atoms with Crippen molar-refractivity contribution in [2.45, 2.75) is 110 Å². The highest BCUT2D eigenvalue weighted by atomic mass is 19.2. The lowest BCUT2D eigenvalue weighted by Gasteiger charge is -2.29. The number of halogens is 4. The Bertz CT molecular complexity index is 1490. The number of carbonyl (C=O) groups excluding carboxylic acids is 4. The first-order chi connectivity index (χ1) is 22.8. The molecule has 2 amide bonds. The van der Waals surface area contributed by atoms with Crippen molar-refractivity contribution in [1.29, 1.82) is 0 Å². The minimum Gasteiger partial charge on any atom is -0.485 e. The Labute approximate surface area is 284 Å². The number of hydrogen-bond acceptors (Lipinski definition) is 7. The monoisotopic (exact) mass is 694 g/mol. The smallest absolute Gasteiger partial charge is 0.313 e. The average molecular weight is 695 g/mol. The van der Waals surface area contributed by atoms with Gasteiger partial charge < -0.3 is 25.2 Å². The molecule has 2 aromatic carbocycles. The molecule has 3 rings (SSSR count). The van der Waals surface area contributed by atoms with E-state index in [9.17, 15) is 41.8 Å². The summed E-state index contributed by atoms with van der Waals surface area (Å²) in [6.07, 6.45) is -0.220. The first kappa shape index (κ1) is 39.4. The van der Waals surface area contributed by atoms with Crippen LogP contribution in [0.5, 0.6) is 5.75 Å². The first-order valence-corrected chi connectivity index (χ1v) is 16.4. The molecular weight excluding hydrogens is 648 g/mol. The van der Waals surface area contributed by atoms with Gasteiger partial charge in [0.25, 0.3) is 0 Å². The highest BCUT2D eigenvalue weighted by Gasteiger charge is 2.32. The first-order valence-electron chi connectivity index (χ1n) is 16.4. The number of aliphatic hydroxyl groups excluding tert-OH is 1. The fourth-order valence-electron chi connectivity index (χ4n) is 5.78. The number of nitrogens with one attached hydrogen (secondary N) is 2. The Morgan fingerprint density at radius 3 is 2.06 bits per heavy atom. The highest BCUT2D eigenvalue weighted by Crippen LogP contribution is 2.31. The van der Waals surface area contributed by atoms with Gasteiger partial charge in [0, 0.05) is 30.1 Å². The molecule has 1 fully saturated rings. The van der Waals surface area contributed by atoms with E-state index in [2.05, 4.69) is 10.6 Å². The van der Waals surface area contributed by atoms with Crippen LogP contribution in [0.3, 0.4) is 0 Å². The van der Waals surface area contributed by atoms with Crippen molar-refractivity contribution in [3.05, 3.63) is 59.2 Å². The van der Waals surface area contributed by atoms with E-state index in [1.54, 1.807) is 32.9 Å². The summed E-state index contributed by atoms with van der Waals surface area (Å²) in [5.74, 6) is -12.0. The van der Waals surface area contributed by atoms with Crippen LogP contribution in [0.25, 0.3) is 0 Å². The lowest BCUT2D eigenvalue weighted by molar-refractivity contribution is -0.157. The molecule has 3 N–H and O–H groups in total. The number of aliphatic hydroxyl groups is 1. The van der Waals surface area contributed by atoms with Crippen LogP contribution in [0.15, 0.2) is 30.3 Å². The van der Waals surface area contributed by atoms with Crippen molar-refractivity contribution in [2.24, 2.45) is 11.8 Å². The molecule has 0 heterocycles. The molecule has 2 aromatic rings. The Hall–Kier alpha value is -4.00. The maximum Gasteiger partial charge on any atom is 0.313 e. The van der Waals surface area contributed by atoms with E-state index in [0.717, 1.165) is 5.56 Å². The maximum absolute atomic E-state index is 14.1. The molecule has 0 bridgehead atoms. The number of carbonyl (C=O) groups is 4. The second kappa shape index (κ2) is 16.6. The number of rotatable bonds is 12. The van der Waals surface area contributed by atoms with E-state index in [1.807, 2.05) is 32.9 Å². The van der Waals surface area contributed by atoms with Gasteiger partial charge in [-0.25, -0.2) is 8.78 Å². The van der Waals surface area contributed by atoms with Gasteiger partial charge in [-0.3, -0.25) is 19.2 Å². The van der Waals surface area contributed by atoms with Crippen molar-refractivity contribution >= 4 is 29.3 Å². The number of benzene rings is 2. The Kier molecular flexibility index (Phi) is 13.4. The van der Waals surface area contributed by atoms with Gasteiger partial charge in [-0.05, 0) is 75.8 Å². The number of para-hydroxylation sites is 1. The van der Waals surface area contributed by atoms with Crippen LogP contribution in [-0.2, 0) is 29.3 Å². The van der Waals surface area contributed by atoms with Gasteiger partial charge in [-0.1, -0.05) is 39.0 Å². The molecule has 0 saturated heterocycles. The van der Waals surface area contributed by atoms with Crippen LogP contribution in [0, 0.1) is 35.1 Å². The standard InChI is InChI=1S/C36H46F4N2O7/c1-35(2,3)23-9-7-8-10-26(23)42-34(47)33(46)41-22-14-11-20(12-15-22)27(43)16-13-21(17-29(45)49-36(4,5)6)28(44)19-48-32-30(39)24(37)18-25(38)31(32)40/h7-10,18,20-22,28,44H,11-17,19H2,1-6H3,(H,41,46)(H,42,47)/t20?,21-,22?,28?/m0/s1. The summed E-state index contributed by atoms with van der Waals surface area (Å²) in [6.45, 7) is 10.1. The van der Waals surface area contributed by atoms with Crippen LogP contribution in [0.1, 0.15) is 92.1 Å². The molecule has 13 heteroatoms. The third-order valence-electron chi connectivity index (χ3n) is 8.33. The number of esters is 1. The Balaban J connectivity index is 1.56. The number of hydrogen-bond donors (Lipinski definition) is 3. The van der Waals surface area contributed by atoms with Gasteiger partial charge in [0.1, 0.15) is 18.0 Å². The van der Waals surface area contributed by atoms with E-state index in [4.69, 9.17) is 9.47 Å². The highest BCUT2D eigenvalue weighted by molar-refractivity contribution is 6.39. The van der Waals surface area contributed by atoms with Gasteiger partial charge in [0.05, 0.1) is 12.5 Å². The molecule has 0 radical (unpaired) electrons. The van der Waals surface area contributed by atoms with Gasteiger partial charge in [0.2, 0.25) is 11.6 Å². The molecule has 1 aliphatic carbocycles. The van der Waals surface area contributed by atoms with Gasteiger partial charge in [0.15, 0.2) is 17.4 Å². The van der Waals surface area contributed by atoms with Gasteiger partial charge >= 0.3 is 17.8 Å². The van der Waals surface area contributed by atoms with Crippen LogP contribution >= 0.6 is 0 Å². The van der Waals surface area contributed by atoms with E-state index >= 15 is 0 Å². The lowest BCUT2D eigenvalue weighted by atomic mass is 9.81. The number of ether oxygens (including phenoxy) is 2. The van der Waals surface area contributed by atoms with Crippen molar-refractivity contribution < 1.29 is 51.3 Å². The molecule has 1 aliphatic rings. The third kappa shape index (κ3) is 11.5. The minimum atomic E-state index is -1.77. The number of Topliss-reactive ketones (excluding diaryl/α,β-unsaturated/α-hetero) is 1. The van der Waals surface area contributed by atoms with E-state index < -0.39 is 71.0 Å². The summed E-state index contributed by atoms with van der Waals surface area (Å²) in [5, 5.41) is 16.3. The average Bonchev–Trinajstić information content (AvgIpc) is 3.01. The predicted octanol–water partition coefficient (Wildman–Crippen LogP) is 6.29. The van der Waals surface area contributed by atoms with Crippen molar-refractivity contribution in [1.82, 2.24) is 5.32 Å². The normalized spacial score (nSPS) is 17.9. The Morgan fingerprint density at radius 1 is 0.898 bits per heavy atom. The quantitative estimate of drug-likeness (QED) is 0.103. The SMILES string of the molecule is CC(C)(C)OC(=O)C[C@H](CCC(=O)C1CCC(NC(=O)C(=O)Nc2ccccc2C(C)(C)C)CC1)C(O)COc1c(F)c(F)cc(F)c1F. The van der Waals surface area contributed by atoms with Gasteiger partial charge in [-0.2, -0.15) is 8.78 Å². The molecule has 1 saturated carbocycles. The van der Waals surface area contributed by atoms with E-state index in [0.29, 0.717) is 31.4 Å². The fourth-order valence-corrected chi connectivity index (χ4v) is 5.78. The second-order valence-corrected chi connectivity index (χ2v) is 14.5. The summed E-state index contributed by atoms with van der Waals surface area (Å²) in [7, 11) is 0. The summed E-state index contributed by atoms with van der Waals surface area (Å²) < 4.78 is 65.6. The summed E-state index contributed by atoms with van der Waals surface area (Å²) >= 11 is 0. The van der Waals surface area contributed by atoms with Crippen molar-refractivity contribution in [2.75, 3.05) is 11.9 Å². The largest absolute Gasteiger partial charge is 0.485 e. The van der Waals surface area contributed by atoms with E-state index in [-0.39, 0.29) is 48.5 Å². The third-order valence-corrected chi connectivity index (χ3v) is 8.33. The molecule has 9 nitrogen and oxygen atoms in total.